The van der Waals surface area contributed by atoms with Crippen LogP contribution in [0.25, 0.3) is 0 Å². The zero-order valence-electron chi connectivity index (χ0n) is 10.0. The lowest BCUT2D eigenvalue weighted by atomic mass is 9.98. The van der Waals surface area contributed by atoms with E-state index < -0.39 is 0 Å². The van der Waals surface area contributed by atoms with Crippen molar-refractivity contribution in [2.24, 2.45) is 5.41 Å². The minimum absolute atomic E-state index is 0.0681. The fourth-order valence-electron chi connectivity index (χ4n) is 2.91. The van der Waals surface area contributed by atoms with Crippen molar-refractivity contribution in [3.8, 4) is 0 Å². The number of aliphatic hydroxyl groups is 1. The predicted octanol–water partition coefficient (Wildman–Crippen LogP) is 1.06. The van der Waals surface area contributed by atoms with Gasteiger partial charge in [-0.05, 0) is 23.8 Å². The van der Waals surface area contributed by atoms with Crippen molar-refractivity contribution in [3.63, 3.8) is 0 Å². The molecule has 0 bridgehead atoms. The van der Waals surface area contributed by atoms with E-state index in [2.05, 4.69) is 22.8 Å². The Balaban J connectivity index is 1.70. The molecule has 3 nitrogen and oxygen atoms in total. The zero-order valence-corrected chi connectivity index (χ0v) is 10.0. The molecule has 1 aromatic rings. The summed E-state index contributed by atoms with van der Waals surface area (Å²) in [4.78, 5) is 0. The number of nitrogens with one attached hydrogen (secondary N) is 2. The molecule has 3 heteroatoms. The van der Waals surface area contributed by atoms with Crippen LogP contribution in [0.1, 0.15) is 24.4 Å². The lowest BCUT2D eigenvalue weighted by Crippen LogP contribution is -2.40. The molecule has 1 aliphatic heterocycles. The summed E-state index contributed by atoms with van der Waals surface area (Å²) < 4.78 is 0. The average molecular weight is 232 g/mol. The summed E-state index contributed by atoms with van der Waals surface area (Å²) in [6.07, 6.45) is 2.65. The number of aliphatic hydroxyl groups excluding tert-OH is 1. The fraction of sp³-hybridized carbons (Fsp3) is 0.571. The minimum atomic E-state index is 0.0681. The molecule has 0 aromatic heterocycles. The zero-order chi connectivity index (χ0) is 11.7. The van der Waals surface area contributed by atoms with E-state index in [1.807, 2.05) is 18.2 Å². The summed E-state index contributed by atoms with van der Waals surface area (Å²) in [6.45, 7) is 2.33. The Bertz CT molecular complexity index is 375. The van der Waals surface area contributed by atoms with Gasteiger partial charge in [0.2, 0.25) is 0 Å². The Hall–Kier alpha value is -0.900. The molecule has 2 aliphatic rings. The van der Waals surface area contributed by atoms with Crippen molar-refractivity contribution in [2.45, 2.75) is 24.9 Å². The van der Waals surface area contributed by atoms with E-state index in [1.165, 1.54) is 18.4 Å². The van der Waals surface area contributed by atoms with Gasteiger partial charge in [0.05, 0.1) is 12.6 Å². The standard InChI is InChI=1S/C14H20N2O/c17-9-12(11-4-2-1-3-5-11)16-13-8-15-10-14(13)6-7-14/h1-5,12-13,15-17H,6-10H2/t12-,13+/m0/s1. The molecule has 1 saturated carbocycles. The van der Waals surface area contributed by atoms with E-state index in [4.69, 9.17) is 0 Å². The van der Waals surface area contributed by atoms with Crippen LogP contribution >= 0.6 is 0 Å². The third kappa shape index (κ3) is 2.10. The molecule has 1 aromatic carbocycles. The predicted molar refractivity (Wildman–Crippen MR) is 67.7 cm³/mol. The SMILES string of the molecule is OC[C@H](N[C@@H]1CNCC12CC2)c1ccccc1. The Morgan fingerprint density at radius 3 is 2.76 bits per heavy atom. The smallest absolute Gasteiger partial charge is 0.0626 e. The van der Waals surface area contributed by atoms with Gasteiger partial charge in [-0.1, -0.05) is 30.3 Å². The van der Waals surface area contributed by atoms with Gasteiger partial charge in [0.1, 0.15) is 0 Å². The molecule has 0 amide bonds. The number of rotatable bonds is 4. The minimum Gasteiger partial charge on any atom is -0.394 e. The largest absolute Gasteiger partial charge is 0.394 e. The van der Waals surface area contributed by atoms with E-state index in [0.29, 0.717) is 11.5 Å². The van der Waals surface area contributed by atoms with Gasteiger partial charge < -0.3 is 15.7 Å². The topological polar surface area (TPSA) is 44.3 Å². The maximum atomic E-state index is 9.55. The Labute approximate surface area is 102 Å². The van der Waals surface area contributed by atoms with Crippen LogP contribution in [0.5, 0.6) is 0 Å². The first-order valence-electron chi connectivity index (χ1n) is 6.47. The van der Waals surface area contributed by atoms with Gasteiger partial charge >= 0.3 is 0 Å². The maximum Gasteiger partial charge on any atom is 0.0626 e. The monoisotopic (exact) mass is 232 g/mol. The van der Waals surface area contributed by atoms with E-state index in [1.54, 1.807) is 0 Å². The highest BCUT2D eigenvalue weighted by Gasteiger charge is 2.52. The summed E-state index contributed by atoms with van der Waals surface area (Å²) in [7, 11) is 0. The molecule has 0 unspecified atom stereocenters. The quantitative estimate of drug-likeness (QED) is 0.727. The molecule has 0 radical (unpaired) electrons. The van der Waals surface area contributed by atoms with Crippen molar-refractivity contribution in [1.29, 1.82) is 0 Å². The van der Waals surface area contributed by atoms with Crippen molar-refractivity contribution >= 4 is 0 Å². The van der Waals surface area contributed by atoms with Crippen LogP contribution in [0.3, 0.4) is 0 Å². The van der Waals surface area contributed by atoms with E-state index in [0.717, 1.165) is 13.1 Å². The first kappa shape index (κ1) is 11.2. The molecular formula is C14H20N2O. The van der Waals surface area contributed by atoms with Gasteiger partial charge in [-0.25, -0.2) is 0 Å². The lowest BCUT2D eigenvalue weighted by molar-refractivity contribution is 0.223. The van der Waals surface area contributed by atoms with Gasteiger partial charge in [-0.2, -0.15) is 0 Å². The summed E-state index contributed by atoms with van der Waals surface area (Å²) >= 11 is 0. The van der Waals surface area contributed by atoms with E-state index >= 15 is 0 Å². The van der Waals surface area contributed by atoms with Crippen LogP contribution in [-0.4, -0.2) is 30.8 Å². The van der Waals surface area contributed by atoms with Crippen molar-refractivity contribution in [2.75, 3.05) is 19.7 Å². The number of hydrogen-bond donors (Lipinski definition) is 3. The van der Waals surface area contributed by atoms with E-state index in [-0.39, 0.29) is 12.6 Å². The highest BCUT2D eigenvalue weighted by molar-refractivity contribution is 5.20. The van der Waals surface area contributed by atoms with Crippen LogP contribution in [-0.2, 0) is 0 Å². The van der Waals surface area contributed by atoms with Gasteiger partial charge in [0, 0.05) is 19.1 Å². The van der Waals surface area contributed by atoms with Gasteiger partial charge in [0.15, 0.2) is 0 Å². The summed E-state index contributed by atoms with van der Waals surface area (Å²) in [6, 6.07) is 10.8. The molecule has 17 heavy (non-hydrogen) atoms. The van der Waals surface area contributed by atoms with Gasteiger partial charge in [-0.3, -0.25) is 0 Å². The van der Waals surface area contributed by atoms with Crippen LogP contribution < -0.4 is 10.6 Å². The Morgan fingerprint density at radius 2 is 2.12 bits per heavy atom. The molecule has 1 aliphatic carbocycles. The molecular weight excluding hydrogens is 212 g/mol. The first-order chi connectivity index (χ1) is 8.34. The molecule has 92 valence electrons. The lowest BCUT2D eigenvalue weighted by Gasteiger charge is -2.25. The molecule has 1 saturated heterocycles. The van der Waals surface area contributed by atoms with Crippen molar-refractivity contribution in [3.05, 3.63) is 35.9 Å². The van der Waals surface area contributed by atoms with Crippen LogP contribution in [0, 0.1) is 5.41 Å². The van der Waals surface area contributed by atoms with Crippen molar-refractivity contribution in [1.82, 2.24) is 10.6 Å². The summed E-state index contributed by atoms with van der Waals surface area (Å²) in [5.41, 5.74) is 1.67. The number of hydrogen-bond acceptors (Lipinski definition) is 3. The molecule has 3 rings (SSSR count). The highest BCUT2D eigenvalue weighted by atomic mass is 16.3. The fourth-order valence-corrected chi connectivity index (χ4v) is 2.91. The second-order valence-corrected chi connectivity index (χ2v) is 5.36. The Morgan fingerprint density at radius 1 is 1.35 bits per heavy atom. The maximum absolute atomic E-state index is 9.55. The van der Waals surface area contributed by atoms with Crippen molar-refractivity contribution < 1.29 is 5.11 Å². The summed E-state index contributed by atoms with van der Waals surface area (Å²) in [5, 5.41) is 16.6. The van der Waals surface area contributed by atoms with Gasteiger partial charge in [0.25, 0.3) is 0 Å². The van der Waals surface area contributed by atoms with Crippen LogP contribution in [0.15, 0.2) is 30.3 Å². The average Bonchev–Trinajstić information content (AvgIpc) is 3.04. The molecule has 2 atom stereocenters. The second-order valence-electron chi connectivity index (χ2n) is 5.36. The molecule has 2 fully saturated rings. The first-order valence-corrected chi connectivity index (χ1v) is 6.47. The van der Waals surface area contributed by atoms with Gasteiger partial charge in [-0.15, -0.1) is 0 Å². The summed E-state index contributed by atoms with van der Waals surface area (Å²) in [5.74, 6) is 0. The second kappa shape index (κ2) is 4.41. The normalized spacial score (nSPS) is 27.2. The van der Waals surface area contributed by atoms with E-state index in [9.17, 15) is 5.11 Å². The third-order valence-corrected chi connectivity index (χ3v) is 4.24. The molecule has 1 spiro atoms. The third-order valence-electron chi connectivity index (χ3n) is 4.24. The number of benzene rings is 1. The van der Waals surface area contributed by atoms with Crippen LogP contribution in [0.2, 0.25) is 0 Å². The van der Waals surface area contributed by atoms with Crippen LogP contribution in [0.4, 0.5) is 0 Å². The molecule has 3 N–H and O–H groups in total. The Kier molecular flexibility index (Phi) is 2.90. The molecule has 1 heterocycles. The highest BCUT2D eigenvalue weighted by Crippen LogP contribution is 2.50.